The second-order valence-electron chi connectivity index (χ2n) is 5.65. The molecule has 22 heavy (non-hydrogen) atoms. The molecule has 0 fully saturated rings. The lowest BCUT2D eigenvalue weighted by Gasteiger charge is -2.19. The maximum Gasteiger partial charge on any atom is 0.124 e. The predicted octanol–water partition coefficient (Wildman–Crippen LogP) is 4.39. The van der Waals surface area contributed by atoms with Crippen LogP contribution in [-0.4, -0.2) is 17.1 Å². The lowest BCUT2D eigenvalue weighted by molar-refractivity contribution is 0.195. The molecule has 2 atom stereocenters. The molecule has 1 heterocycles. The molecule has 0 saturated heterocycles. The van der Waals surface area contributed by atoms with Crippen molar-refractivity contribution in [1.29, 1.82) is 0 Å². The Hall–Kier alpha value is -1.91. The Morgan fingerprint density at radius 1 is 1.14 bits per heavy atom. The zero-order chi connectivity index (χ0) is 15.7. The molecule has 3 nitrogen and oxygen atoms in total. The van der Waals surface area contributed by atoms with E-state index in [2.05, 4.69) is 24.3 Å². The van der Waals surface area contributed by atoms with Gasteiger partial charge in [0, 0.05) is 11.6 Å². The maximum absolute atomic E-state index is 5.99. The van der Waals surface area contributed by atoms with Crippen LogP contribution in [0.3, 0.4) is 0 Å². The van der Waals surface area contributed by atoms with E-state index in [1.807, 2.05) is 39.0 Å². The van der Waals surface area contributed by atoms with Gasteiger partial charge in [-0.3, -0.25) is 0 Å². The number of aromatic nitrogens is 1. The molecule has 4 heteroatoms. The van der Waals surface area contributed by atoms with Gasteiger partial charge in [0.15, 0.2) is 0 Å². The van der Waals surface area contributed by atoms with E-state index in [0.29, 0.717) is 0 Å². The third-order valence-corrected chi connectivity index (χ3v) is 4.87. The van der Waals surface area contributed by atoms with Crippen molar-refractivity contribution >= 4 is 21.6 Å². The first kappa shape index (κ1) is 15.0. The van der Waals surface area contributed by atoms with Crippen molar-refractivity contribution in [3.63, 3.8) is 0 Å². The molecule has 114 valence electrons. The van der Waals surface area contributed by atoms with Gasteiger partial charge in [0.25, 0.3) is 0 Å². The molecule has 0 aliphatic rings. The topological polar surface area (TPSA) is 48.1 Å². The molecule has 2 N–H and O–H groups in total. The molecule has 3 aromatic rings. The van der Waals surface area contributed by atoms with Crippen molar-refractivity contribution in [1.82, 2.24) is 4.98 Å². The molecule has 2 unspecified atom stereocenters. The largest absolute Gasteiger partial charge is 0.489 e. The summed E-state index contributed by atoms with van der Waals surface area (Å²) in [4.78, 5) is 4.71. The summed E-state index contributed by atoms with van der Waals surface area (Å²) >= 11 is 1.70. The van der Waals surface area contributed by atoms with E-state index in [0.717, 1.165) is 27.4 Å². The maximum atomic E-state index is 5.99. The van der Waals surface area contributed by atoms with E-state index in [9.17, 15) is 0 Å². The van der Waals surface area contributed by atoms with Gasteiger partial charge in [0.05, 0.1) is 10.2 Å². The number of nitrogens with two attached hydrogens (primary N) is 1. The predicted molar refractivity (Wildman–Crippen MR) is 93.5 cm³/mol. The second kappa shape index (κ2) is 6.07. The second-order valence-corrected chi connectivity index (χ2v) is 6.68. The molecule has 0 aliphatic carbocycles. The number of hydrogen-bond donors (Lipinski definition) is 1. The fourth-order valence-electron chi connectivity index (χ4n) is 2.16. The molecule has 2 aromatic carbocycles. The average molecular weight is 312 g/mol. The number of ether oxygens (including phenoxy) is 1. The average Bonchev–Trinajstić information content (AvgIpc) is 2.93. The van der Waals surface area contributed by atoms with Crippen LogP contribution in [0.4, 0.5) is 0 Å². The molecule has 0 spiro atoms. The third-order valence-electron chi connectivity index (χ3n) is 3.78. The monoisotopic (exact) mass is 312 g/mol. The van der Waals surface area contributed by atoms with E-state index in [-0.39, 0.29) is 12.1 Å². The molecular formula is C18H20N2OS. The Balaban J connectivity index is 1.97. The smallest absolute Gasteiger partial charge is 0.124 e. The molecule has 0 saturated carbocycles. The number of benzene rings is 2. The Morgan fingerprint density at radius 2 is 1.91 bits per heavy atom. The summed E-state index contributed by atoms with van der Waals surface area (Å²) < 4.78 is 7.19. The SMILES string of the molecule is Cc1ccc(-c2nc3ccccc3s2)cc1OC(C)C(C)N. The summed E-state index contributed by atoms with van der Waals surface area (Å²) in [5, 5.41) is 1.01. The van der Waals surface area contributed by atoms with Gasteiger partial charge in [-0.05, 0) is 44.5 Å². The van der Waals surface area contributed by atoms with Gasteiger partial charge in [-0.25, -0.2) is 4.98 Å². The lowest BCUT2D eigenvalue weighted by Crippen LogP contribution is -2.33. The van der Waals surface area contributed by atoms with Gasteiger partial charge in [-0.1, -0.05) is 24.3 Å². The summed E-state index contributed by atoms with van der Waals surface area (Å²) in [7, 11) is 0. The molecule has 1 aromatic heterocycles. The fraction of sp³-hybridized carbons (Fsp3) is 0.278. The molecule has 0 amide bonds. The van der Waals surface area contributed by atoms with Gasteiger partial charge in [0.1, 0.15) is 16.9 Å². The van der Waals surface area contributed by atoms with Crippen LogP contribution in [0.1, 0.15) is 19.4 Å². The summed E-state index contributed by atoms with van der Waals surface area (Å²) in [6.07, 6.45) is -0.0238. The van der Waals surface area contributed by atoms with E-state index < -0.39 is 0 Å². The van der Waals surface area contributed by atoms with E-state index in [1.54, 1.807) is 11.3 Å². The quantitative estimate of drug-likeness (QED) is 0.777. The zero-order valence-electron chi connectivity index (χ0n) is 13.0. The number of hydrogen-bond acceptors (Lipinski definition) is 4. The lowest BCUT2D eigenvalue weighted by atomic mass is 10.1. The summed E-state index contributed by atoms with van der Waals surface area (Å²) in [5.74, 6) is 0.876. The first-order chi connectivity index (χ1) is 10.5. The minimum Gasteiger partial charge on any atom is -0.489 e. The van der Waals surface area contributed by atoms with Gasteiger partial charge in [0.2, 0.25) is 0 Å². The van der Waals surface area contributed by atoms with Crippen LogP contribution < -0.4 is 10.5 Å². The van der Waals surface area contributed by atoms with Crippen LogP contribution >= 0.6 is 11.3 Å². The molecule has 0 aliphatic heterocycles. The number of rotatable bonds is 4. The van der Waals surface area contributed by atoms with Crippen LogP contribution in [0.15, 0.2) is 42.5 Å². The molecule has 0 bridgehead atoms. The Labute approximate surface area is 134 Å². The highest BCUT2D eigenvalue weighted by Gasteiger charge is 2.13. The van der Waals surface area contributed by atoms with E-state index in [1.165, 1.54) is 4.70 Å². The number of aryl methyl sites for hydroxylation is 1. The highest BCUT2D eigenvalue weighted by molar-refractivity contribution is 7.21. The minimum atomic E-state index is -0.0238. The summed E-state index contributed by atoms with van der Waals surface area (Å²) in [6.45, 7) is 6.00. The van der Waals surface area contributed by atoms with Crippen LogP contribution in [-0.2, 0) is 0 Å². The fourth-order valence-corrected chi connectivity index (χ4v) is 3.13. The van der Waals surface area contributed by atoms with E-state index in [4.69, 9.17) is 15.5 Å². The standard InChI is InChI=1S/C18H20N2OS/c1-11-8-9-14(10-16(11)21-13(3)12(2)19)18-20-15-6-4-5-7-17(15)22-18/h4-10,12-13H,19H2,1-3H3. The van der Waals surface area contributed by atoms with E-state index >= 15 is 0 Å². The van der Waals surface area contributed by atoms with Crippen molar-refractivity contribution in [2.45, 2.75) is 32.9 Å². The molecule has 3 rings (SSSR count). The number of fused-ring (bicyclic) bond motifs is 1. The number of para-hydroxylation sites is 1. The van der Waals surface area contributed by atoms with Gasteiger partial charge in [-0.2, -0.15) is 0 Å². The van der Waals surface area contributed by atoms with Crippen molar-refractivity contribution < 1.29 is 4.74 Å². The Morgan fingerprint density at radius 3 is 2.64 bits per heavy atom. The third kappa shape index (κ3) is 2.98. The van der Waals surface area contributed by atoms with Crippen LogP contribution in [0, 0.1) is 6.92 Å². The molecular weight excluding hydrogens is 292 g/mol. The first-order valence-corrected chi connectivity index (χ1v) is 8.25. The van der Waals surface area contributed by atoms with Crippen molar-refractivity contribution in [3.05, 3.63) is 48.0 Å². The number of thiazole rings is 1. The normalized spacial score (nSPS) is 14.0. The van der Waals surface area contributed by atoms with Gasteiger partial charge in [-0.15, -0.1) is 11.3 Å². The van der Waals surface area contributed by atoms with Crippen LogP contribution in [0.5, 0.6) is 5.75 Å². The Bertz CT molecular complexity index is 762. The van der Waals surface area contributed by atoms with Crippen LogP contribution in [0.2, 0.25) is 0 Å². The van der Waals surface area contributed by atoms with Crippen molar-refractivity contribution in [2.24, 2.45) is 5.73 Å². The minimum absolute atomic E-state index is 0.00879. The van der Waals surface area contributed by atoms with Crippen molar-refractivity contribution in [2.75, 3.05) is 0 Å². The first-order valence-electron chi connectivity index (χ1n) is 7.43. The number of nitrogens with zero attached hydrogens (tertiary/aromatic N) is 1. The highest BCUT2D eigenvalue weighted by Crippen LogP contribution is 2.33. The highest BCUT2D eigenvalue weighted by atomic mass is 32.1. The summed E-state index contributed by atoms with van der Waals surface area (Å²) in [5.41, 5.74) is 9.13. The molecule has 0 radical (unpaired) electrons. The van der Waals surface area contributed by atoms with Gasteiger partial charge >= 0.3 is 0 Å². The van der Waals surface area contributed by atoms with Crippen molar-refractivity contribution in [3.8, 4) is 16.3 Å². The van der Waals surface area contributed by atoms with Gasteiger partial charge < -0.3 is 10.5 Å². The van der Waals surface area contributed by atoms with Crippen LogP contribution in [0.25, 0.3) is 20.8 Å². The zero-order valence-corrected chi connectivity index (χ0v) is 13.9. The Kier molecular flexibility index (Phi) is 4.14. The summed E-state index contributed by atoms with van der Waals surface area (Å²) in [6, 6.07) is 14.4.